The number of aromatic nitrogens is 1. The second-order valence-corrected chi connectivity index (χ2v) is 8.88. The van der Waals surface area contributed by atoms with Gasteiger partial charge in [-0.05, 0) is 50.1 Å². The summed E-state index contributed by atoms with van der Waals surface area (Å²) in [5, 5.41) is 3.04. The molecule has 0 aliphatic heterocycles. The van der Waals surface area contributed by atoms with E-state index < -0.39 is 17.2 Å². The van der Waals surface area contributed by atoms with Crippen molar-refractivity contribution in [2.75, 3.05) is 6.54 Å². The first-order chi connectivity index (χ1) is 16.6. The highest BCUT2D eigenvalue weighted by molar-refractivity contribution is 5.96. The van der Waals surface area contributed by atoms with Gasteiger partial charge in [-0.2, -0.15) is 13.2 Å². The number of nitrogens with one attached hydrogen (secondary N) is 1. The topological polar surface area (TPSA) is 34.0 Å². The molecule has 3 aromatic carbocycles. The number of halogens is 3. The van der Waals surface area contributed by atoms with Crippen molar-refractivity contribution in [3.63, 3.8) is 0 Å². The maximum absolute atomic E-state index is 13.6. The number of para-hydroxylation sites is 1. The largest absolute Gasteiger partial charge is 0.418 e. The number of benzene rings is 3. The van der Waals surface area contributed by atoms with Crippen molar-refractivity contribution in [2.24, 2.45) is 0 Å². The Morgan fingerprint density at radius 2 is 1.34 bits per heavy atom. The van der Waals surface area contributed by atoms with Gasteiger partial charge < -0.3 is 9.88 Å². The van der Waals surface area contributed by atoms with Crippen LogP contribution in [0.3, 0.4) is 0 Å². The van der Waals surface area contributed by atoms with E-state index in [1.165, 1.54) is 16.7 Å². The average Bonchev–Trinajstić information content (AvgIpc) is 3.16. The van der Waals surface area contributed by atoms with Gasteiger partial charge in [0.1, 0.15) is 0 Å². The molecule has 0 aliphatic rings. The fourth-order valence-corrected chi connectivity index (χ4v) is 4.61. The molecule has 0 saturated heterocycles. The number of alkyl halides is 3. The third-order valence-corrected chi connectivity index (χ3v) is 6.55. The molecule has 0 fully saturated rings. The monoisotopic (exact) mass is 476 g/mol. The number of nitrogens with zero attached hydrogens (tertiary/aromatic N) is 1. The van der Waals surface area contributed by atoms with Crippen molar-refractivity contribution in [3.8, 4) is 5.69 Å². The predicted octanol–water partition coefficient (Wildman–Crippen LogP) is 6.85. The molecule has 0 aliphatic carbocycles. The third kappa shape index (κ3) is 4.74. The van der Waals surface area contributed by atoms with Gasteiger partial charge >= 0.3 is 6.18 Å². The van der Waals surface area contributed by atoms with E-state index >= 15 is 0 Å². The lowest BCUT2D eigenvalue weighted by atomic mass is 9.76. The Labute approximate surface area is 203 Å². The van der Waals surface area contributed by atoms with E-state index in [4.69, 9.17) is 0 Å². The predicted molar refractivity (Wildman–Crippen MR) is 132 cm³/mol. The summed E-state index contributed by atoms with van der Waals surface area (Å²) < 4.78 is 42.4. The first kappa shape index (κ1) is 24.3. The molecule has 0 radical (unpaired) electrons. The standard InChI is InChI=1S/C29H27F3N2O/c1-20-18-24(21(2)34(20)26-17-11-10-16-25(26)29(30,31)32)27(35)33-19-28(3,22-12-6-4-7-13-22)23-14-8-5-9-15-23/h4-18H,19H2,1-3H3,(H,33,35). The van der Waals surface area contributed by atoms with E-state index in [0.717, 1.165) is 17.2 Å². The normalized spacial score (nSPS) is 11.9. The number of carbonyl (C=O) groups is 1. The fourth-order valence-electron chi connectivity index (χ4n) is 4.61. The van der Waals surface area contributed by atoms with E-state index in [2.05, 4.69) is 12.2 Å². The molecule has 3 nitrogen and oxygen atoms in total. The Morgan fingerprint density at radius 1 is 0.829 bits per heavy atom. The molecule has 1 aromatic heterocycles. The summed E-state index contributed by atoms with van der Waals surface area (Å²) in [6, 6.07) is 26.9. The van der Waals surface area contributed by atoms with E-state index in [-0.39, 0.29) is 11.6 Å². The van der Waals surface area contributed by atoms with Crippen LogP contribution >= 0.6 is 0 Å². The van der Waals surface area contributed by atoms with Crippen molar-refractivity contribution >= 4 is 5.91 Å². The van der Waals surface area contributed by atoms with Crippen LogP contribution in [0.25, 0.3) is 5.69 Å². The lowest BCUT2D eigenvalue weighted by molar-refractivity contribution is -0.137. The molecule has 1 heterocycles. The molecule has 0 spiro atoms. The molecule has 180 valence electrons. The molecular formula is C29H27F3N2O. The number of amides is 1. The molecule has 4 rings (SSSR count). The van der Waals surface area contributed by atoms with Crippen LogP contribution in [0.15, 0.2) is 91.0 Å². The smallest absolute Gasteiger partial charge is 0.351 e. The quantitative estimate of drug-likeness (QED) is 0.325. The van der Waals surface area contributed by atoms with Gasteiger partial charge in [0.2, 0.25) is 0 Å². The fraction of sp³-hybridized carbons (Fsp3) is 0.207. The first-order valence-electron chi connectivity index (χ1n) is 11.4. The van der Waals surface area contributed by atoms with Gasteiger partial charge in [-0.15, -0.1) is 0 Å². The minimum absolute atomic E-state index is 0.00691. The number of hydrogen-bond donors (Lipinski definition) is 1. The highest BCUT2D eigenvalue weighted by atomic mass is 19.4. The van der Waals surface area contributed by atoms with E-state index in [1.807, 2.05) is 60.7 Å². The summed E-state index contributed by atoms with van der Waals surface area (Å²) in [4.78, 5) is 13.3. The third-order valence-electron chi connectivity index (χ3n) is 6.55. The van der Waals surface area contributed by atoms with E-state index in [0.29, 0.717) is 23.5 Å². The van der Waals surface area contributed by atoms with Gasteiger partial charge in [0, 0.05) is 23.3 Å². The second kappa shape index (κ2) is 9.45. The minimum atomic E-state index is -4.50. The van der Waals surface area contributed by atoms with Crippen LogP contribution < -0.4 is 5.32 Å². The van der Waals surface area contributed by atoms with Gasteiger partial charge in [-0.1, -0.05) is 72.8 Å². The molecule has 6 heteroatoms. The molecule has 0 bridgehead atoms. The summed E-state index contributed by atoms with van der Waals surface area (Å²) in [7, 11) is 0. The molecule has 0 unspecified atom stereocenters. The SMILES string of the molecule is Cc1cc(C(=O)NCC(C)(c2ccccc2)c2ccccc2)c(C)n1-c1ccccc1C(F)(F)F. The van der Waals surface area contributed by atoms with Crippen LogP contribution in [0.4, 0.5) is 13.2 Å². The Bertz CT molecular complexity index is 1290. The van der Waals surface area contributed by atoms with Crippen LogP contribution in [-0.4, -0.2) is 17.0 Å². The Hall–Kier alpha value is -3.80. The van der Waals surface area contributed by atoms with Crippen molar-refractivity contribution in [1.82, 2.24) is 9.88 Å². The van der Waals surface area contributed by atoms with Crippen molar-refractivity contribution in [3.05, 3.63) is 125 Å². The van der Waals surface area contributed by atoms with E-state index in [9.17, 15) is 18.0 Å². The van der Waals surface area contributed by atoms with Crippen LogP contribution in [-0.2, 0) is 11.6 Å². The molecule has 0 atom stereocenters. The second-order valence-electron chi connectivity index (χ2n) is 8.88. The van der Waals surface area contributed by atoms with Gasteiger partial charge in [0.05, 0.1) is 16.8 Å². The first-order valence-corrected chi connectivity index (χ1v) is 11.4. The van der Waals surface area contributed by atoms with Crippen LogP contribution in [0.1, 0.15) is 45.4 Å². The molecule has 35 heavy (non-hydrogen) atoms. The Balaban J connectivity index is 1.67. The Kier molecular flexibility index (Phi) is 6.57. The summed E-state index contributed by atoms with van der Waals surface area (Å²) in [6.45, 7) is 5.76. The minimum Gasteiger partial charge on any atom is -0.351 e. The zero-order valence-electron chi connectivity index (χ0n) is 19.9. The zero-order valence-corrected chi connectivity index (χ0v) is 19.9. The highest BCUT2D eigenvalue weighted by Crippen LogP contribution is 2.36. The summed E-state index contributed by atoms with van der Waals surface area (Å²) >= 11 is 0. The van der Waals surface area contributed by atoms with Crippen LogP contribution in [0.2, 0.25) is 0 Å². The number of aryl methyl sites for hydroxylation is 1. The van der Waals surface area contributed by atoms with Gasteiger partial charge in [-0.3, -0.25) is 4.79 Å². The lowest BCUT2D eigenvalue weighted by Gasteiger charge is -2.31. The van der Waals surface area contributed by atoms with Gasteiger partial charge in [0.15, 0.2) is 0 Å². The summed E-state index contributed by atoms with van der Waals surface area (Å²) in [5.41, 5.74) is 2.24. The van der Waals surface area contributed by atoms with Gasteiger partial charge in [-0.25, -0.2) is 0 Å². The Morgan fingerprint density at radius 3 is 1.89 bits per heavy atom. The molecule has 4 aromatic rings. The highest BCUT2D eigenvalue weighted by Gasteiger charge is 2.35. The molecular weight excluding hydrogens is 449 g/mol. The molecule has 0 saturated carbocycles. The number of carbonyl (C=O) groups excluding carboxylic acids is 1. The molecule has 1 amide bonds. The summed E-state index contributed by atoms with van der Waals surface area (Å²) in [5.74, 6) is -0.327. The van der Waals surface area contributed by atoms with E-state index in [1.54, 1.807) is 26.0 Å². The zero-order chi connectivity index (χ0) is 25.2. The summed E-state index contributed by atoms with van der Waals surface area (Å²) in [6.07, 6.45) is -4.50. The average molecular weight is 477 g/mol. The van der Waals surface area contributed by atoms with Gasteiger partial charge in [0.25, 0.3) is 5.91 Å². The van der Waals surface area contributed by atoms with Crippen molar-refractivity contribution in [1.29, 1.82) is 0 Å². The molecule has 1 N–H and O–H groups in total. The van der Waals surface area contributed by atoms with Crippen molar-refractivity contribution < 1.29 is 18.0 Å². The van der Waals surface area contributed by atoms with Crippen LogP contribution in [0, 0.1) is 13.8 Å². The maximum Gasteiger partial charge on any atom is 0.418 e. The van der Waals surface area contributed by atoms with Crippen molar-refractivity contribution in [2.45, 2.75) is 32.4 Å². The lowest BCUT2D eigenvalue weighted by Crippen LogP contribution is -2.39. The van der Waals surface area contributed by atoms with Crippen LogP contribution in [0.5, 0.6) is 0 Å². The number of rotatable bonds is 6. The maximum atomic E-state index is 13.6. The number of hydrogen-bond acceptors (Lipinski definition) is 1.